The highest BCUT2D eigenvalue weighted by atomic mass is 32.1. The number of nitrogen functional groups attached to an aromatic ring is 1. The van der Waals surface area contributed by atoms with Crippen molar-refractivity contribution in [2.75, 3.05) is 24.1 Å². The van der Waals surface area contributed by atoms with Gasteiger partial charge in [0.2, 0.25) is 5.95 Å². The van der Waals surface area contributed by atoms with Gasteiger partial charge < -0.3 is 16.0 Å². The van der Waals surface area contributed by atoms with Gasteiger partial charge in [-0.2, -0.15) is 0 Å². The lowest BCUT2D eigenvalue weighted by molar-refractivity contribution is 0.0648. The number of pyridine rings is 1. The topological polar surface area (TPSA) is 97.0 Å². The lowest BCUT2D eigenvalue weighted by Gasteiger charge is -2.30. The molecule has 9 heteroatoms. The molecule has 0 spiro atoms. The Hall–Kier alpha value is -2.81. The zero-order valence-electron chi connectivity index (χ0n) is 14.1. The Balaban J connectivity index is 1.69. The molecule has 3 aromatic rings. The van der Waals surface area contributed by atoms with E-state index in [4.69, 9.17) is 5.73 Å². The molecule has 134 valence electrons. The lowest BCUT2D eigenvalue weighted by Crippen LogP contribution is -2.42. The molecule has 7 nitrogen and oxygen atoms in total. The van der Waals surface area contributed by atoms with E-state index < -0.39 is 5.82 Å². The maximum Gasteiger partial charge on any atom is 0.274 e. The summed E-state index contributed by atoms with van der Waals surface area (Å²) >= 11 is 1.30. The van der Waals surface area contributed by atoms with Crippen LogP contribution in [0.15, 0.2) is 24.5 Å². The molecule has 0 unspecified atom stereocenters. The second-order valence-electron chi connectivity index (χ2n) is 6.21. The number of hydrogen-bond donors (Lipinski definition) is 2. The van der Waals surface area contributed by atoms with Gasteiger partial charge in [-0.3, -0.25) is 9.78 Å². The molecule has 4 rings (SSSR count). The summed E-state index contributed by atoms with van der Waals surface area (Å²) in [5.41, 5.74) is 7.53. The Morgan fingerprint density at radius 1 is 1.35 bits per heavy atom. The van der Waals surface area contributed by atoms with E-state index in [1.165, 1.54) is 17.4 Å². The van der Waals surface area contributed by atoms with Crippen molar-refractivity contribution in [1.29, 1.82) is 0 Å². The number of likely N-dealkylation sites (tertiary alicyclic amines) is 1. The van der Waals surface area contributed by atoms with E-state index in [1.807, 2.05) is 6.92 Å². The number of anilines is 2. The van der Waals surface area contributed by atoms with Gasteiger partial charge in [-0.1, -0.05) is 0 Å². The van der Waals surface area contributed by atoms with Crippen LogP contribution in [0.4, 0.5) is 15.3 Å². The van der Waals surface area contributed by atoms with Crippen molar-refractivity contribution in [3.63, 3.8) is 0 Å². The molecule has 26 heavy (non-hydrogen) atoms. The van der Waals surface area contributed by atoms with Crippen molar-refractivity contribution in [3.05, 3.63) is 41.6 Å². The number of carbonyl (C=O) groups is 1. The Kier molecular flexibility index (Phi) is 4.15. The average molecular weight is 372 g/mol. The second kappa shape index (κ2) is 6.49. The lowest BCUT2D eigenvalue weighted by atomic mass is 10.1. The zero-order valence-corrected chi connectivity index (χ0v) is 14.9. The SMILES string of the molecule is C[C@H](Nc1nc(C(=O)N2CCC2)c2sc(N)cc2n1)c1cncc(F)c1. The third-order valence-corrected chi connectivity index (χ3v) is 5.27. The summed E-state index contributed by atoms with van der Waals surface area (Å²) in [6, 6.07) is 2.85. The molecule has 3 N–H and O–H groups in total. The fourth-order valence-electron chi connectivity index (χ4n) is 2.77. The van der Waals surface area contributed by atoms with E-state index in [0.717, 1.165) is 25.7 Å². The molecule has 1 aliphatic heterocycles. The Bertz CT molecular complexity index is 987. The summed E-state index contributed by atoms with van der Waals surface area (Å²) in [5.74, 6) is -0.226. The largest absolute Gasteiger partial charge is 0.391 e. The minimum atomic E-state index is -0.410. The van der Waals surface area contributed by atoms with E-state index >= 15 is 0 Å². The summed E-state index contributed by atoms with van der Waals surface area (Å²) < 4.78 is 14.1. The number of rotatable bonds is 4. The zero-order chi connectivity index (χ0) is 18.3. The maximum atomic E-state index is 13.4. The van der Waals surface area contributed by atoms with Crippen molar-refractivity contribution in [1.82, 2.24) is 19.9 Å². The fraction of sp³-hybridized carbons (Fsp3) is 0.294. The molecule has 1 fully saturated rings. The van der Waals surface area contributed by atoms with Gasteiger partial charge in [0, 0.05) is 19.3 Å². The number of fused-ring (bicyclic) bond motifs is 1. The Morgan fingerprint density at radius 2 is 2.15 bits per heavy atom. The van der Waals surface area contributed by atoms with Crippen LogP contribution in [-0.2, 0) is 0 Å². The molecule has 1 aliphatic rings. The molecule has 0 bridgehead atoms. The monoisotopic (exact) mass is 372 g/mol. The van der Waals surface area contributed by atoms with Crippen molar-refractivity contribution >= 4 is 38.4 Å². The quantitative estimate of drug-likeness (QED) is 0.731. The molecular weight excluding hydrogens is 355 g/mol. The molecule has 3 aromatic heterocycles. The number of amides is 1. The van der Waals surface area contributed by atoms with Gasteiger partial charge in [-0.05, 0) is 31.0 Å². The summed E-state index contributed by atoms with van der Waals surface area (Å²) in [4.78, 5) is 27.2. The van der Waals surface area contributed by atoms with Crippen LogP contribution in [0.3, 0.4) is 0 Å². The van der Waals surface area contributed by atoms with Crippen LogP contribution in [0.1, 0.15) is 35.4 Å². The van der Waals surface area contributed by atoms with E-state index in [1.54, 1.807) is 17.2 Å². The minimum absolute atomic E-state index is 0.117. The molecule has 1 amide bonds. The van der Waals surface area contributed by atoms with Gasteiger partial charge in [-0.25, -0.2) is 14.4 Å². The Morgan fingerprint density at radius 3 is 2.85 bits per heavy atom. The van der Waals surface area contributed by atoms with Gasteiger partial charge in [0.25, 0.3) is 5.91 Å². The molecular formula is C17H17FN6OS. The third kappa shape index (κ3) is 3.05. The van der Waals surface area contributed by atoms with Gasteiger partial charge in [0.15, 0.2) is 5.69 Å². The first kappa shape index (κ1) is 16.6. The van der Waals surface area contributed by atoms with Crippen molar-refractivity contribution in [2.45, 2.75) is 19.4 Å². The van der Waals surface area contributed by atoms with Gasteiger partial charge in [0.1, 0.15) is 5.82 Å². The second-order valence-corrected chi connectivity index (χ2v) is 7.29. The first-order valence-electron chi connectivity index (χ1n) is 8.24. The first-order valence-corrected chi connectivity index (χ1v) is 9.06. The number of carbonyl (C=O) groups excluding carboxylic acids is 1. The normalized spacial score (nSPS) is 14.9. The summed E-state index contributed by atoms with van der Waals surface area (Å²) in [6.45, 7) is 3.32. The van der Waals surface area contributed by atoms with Crippen molar-refractivity contribution in [2.24, 2.45) is 0 Å². The average Bonchev–Trinajstić information content (AvgIpc) is 2.92. The number of halogens is 1. The summed E-state index contributed by atoms with van der Waals surface area (Å²) in [6.07, 6.45) is 3.73. The highest BCUT2D eigenvalue weighted by Crippen LogP contribution is 2.31. The highest BCUT2D eigenvalue weighted by molar-refractivity contribution is 7.22. The third-order valence-electron chi connectivity index (χ3n) is 4.31. The van der Waals surface area contributed by atoms with Gasteiger partial charge >= 0.3 is 0 Å². The summed E-state index contributed by atoms with van der Waals surface area (Å²) in [7, 11) is 0. The van der Waals surface area contributed by atoms with Crippen LogP contribution < -0.4 is 11.1 Å². The number of nitrogens with two attached hydrogens (primary N) is 1. The van der Waals surface area contributed by atoms with Crippen LogP contribution in [0, 0.1) is 5.82 Å². The van der Waals surface area contributed by atoms with E-state index in [-0.39, 0.29) is 11.9 Å². The van der Waals surface area contributed by atoms with Crippen molar-refractivity contribution in [3.8, 4) is 0 Å². The first-order chi connectivity index (χ1) is 12.5. The summed E-state index contributed by atoms with van der Waals surface area (Å²) in [5, 5.41) is 3.70. The number of nitrogens with one attached hydrogen (secondary N) is 1. The number of thiophene rings is 1. The van der Waals surface area contributed by atoms with Crippen molar-refractivity contribution < 1.29 is 9.18 Å². The molecule has 0 saturated carbocycles. The van der Waals surface area contributed by atoms with E-state index in [0.29, 0.717) is 32.4 Å². The van der Waals surface area contributed by atoms with E-state index in [9.17, 15) is 9.18 Å². The minimum Gasteiger partial charge on any atom is -0.391 e. The van der Waals surface area contributed by atoms with E-state index in [2.05, 4.69) is 20.3 Å². The maximum absolute atomic E-state index is 13.4. The van der Waals surface area contributed by atoms with Crippen LogP contribution in [0.25, 0.3) is 10.2 Å². The predicted octanol–water partition coefficient (Wildman–Crippen LogP) is 2.83. The number of nitrogens with zero attached hydrogens (tertiary/aromatic N) is 4. The number of aromatic nitrogens is 3. The van der Waals surface area contributed by atoms with Crippen LogP contribution in [-0.4, -0.2) is 38.8 Å². The van der Waals surface area contributed by atoms with Crippen LogP contribution in [0.5, 0.6) is 0 Å². The molecule has 0 aromatic carbocycles. The highest BCUT2D eigenvalue weighted by Gasteiger charge is 2.26. The standard InChI is InChI=1S/C17H17FN6OS/c1-9(10-5-11(18)8-20-7-10)21-17-22-12-6-13(19)26-15(12)14(23-17)16(25)24-3-2-4-24/h5-9H,2-4,19H2,1H3,(H,21,22,23)/t9-/m0/s1. The fourth-order valence-corrected chi connectivity index (χ4v) is 3.61. The van der Waals surface area contributed by atoms with Gasteiger partial charge in [-0.15, -0.1) is 11.3 Å². The van der Waals surface area contributed by atoms with Gasteiger partial charge in [0.05, 0.1) is 27.5 Å². The smallest absolute Gasteiger partial charge is 0.274 e. The molecule has 1 saturated heterocycles. The molecule has 0 radical (unpaired) electrons. The predicted molar refractivity (Wildman–Crippen MR) is 98.6 cm³/mol. The number of hydrogen-bond acceptors (Lipinski definition) is 7. The van der Waals surface area contributed by atoms with Crippen LogP contribution in [0.2, 0.25) is 0 Å². The Labute approximate surface area is 153 Å². The molecule has 4 heterocycles. The molecule has 0 aliphatic carbocycles. The van der Waals surface area contributed by atoms with Crippen LogP contribution >= 0.6 is 11.3 Å². The molecule has 1 atom stereocenters.